The average molecular weight is 259 g/mol. The molecule has 5 heteroatoms. The summed E-state index contributed by atoms with van der Waals surface area (Å²) in [6.07, 6.45) is 6.98. The van der Waals surface area contributed by atoms with E-state index in [4.69, 9.17) is 44.9 Å². The third kappa shape index (κ3) is 7.48. The molecule has 0 aliphatic heterocycles. The first-order valence-electron chi connectivity index (χ1n) is 4.42. The van der Waals surface area contributed by atoms with Gasteiger partial charge in [0.25, 0.3) is 3.79 Å². The fourth-order valence-corrected chi connectivity index (χ4v) is 0.877. The van der Waals surface area contributed by atoms with Crippen LogP contribution in [0.5, 0.6) is 0 Å². The molecule has 0 aliphatic carbocycles. The summed E-state index contributed by atoms with van der Waals surface area (Å²) in [5.41, 5.74) is 0. The van der Waals surface area contributed by atoms with Crippen LogP contribution < -0.4 is 0 Å². The lowest BCUT2D eigenvalue weighted by Gasteiger charge is -2.12. The van der Waals surface area contributed by atoms with Gasteiger partial charge in [0, 0.05) is 0 Å². The Balaban J connectivity index is 3.51. The number of allylic oxidation sites excluding steroid dienone is 1. The molecule has 0 unspecified atom stereocenters. The minimum absolute atomic E-state index is 0.327. The molecule has 0 atom stereocenters. The zero-order valence-corrected chi connectivity index (χ0v) is 10.3. The summed E-state index contributed by atoms with van der Waals surface area (Å²) in [5, 5.41) is 7.21. The molecule has 0 aliphatic rings. The summed E-state index contributed by atoms with van der Waals surface area (Å²) in [4.78, 5) is 0. The van der Waals surface area contributed by atoms with Crippen molar-refractivity contribution < 1.29 is 4.74 Å². The molecule has 0 rings (SSSR count). The maximum atomic E-state index is 7.21. The maximum Gasteiger partial charge on any atom is 0.265 e. The number of hydrogen-bond donors (Lipinski definition) is 1. The Bertz CT molecular complexity index is 199. The Hall–Kier alpha value is 0.0800. The Kier molecular flexibility index (Phi) is 7.42. The van der Waals surface area contributed by atoms with E-state index in [1.807, 2.05) is 6.08 Å². The van der Waals surface area contributed by atoms with Crippen molar-refractivity contribution in [3.8, 4) is 0 Å². The van der Waals surface area contributed by atoms with Crippen molar-refractivity contribution in [2.24, 2.45) is 0 Å². The molecule has 0 saturated carbocycles. The zero-order chi connectivity index (χ0) is 11.0. The third-order valence-electron chi connectivity index (χ3n) is 1.41. The van der Waals surface area contributed by atoms with Gasteiger partial charge in [-0.2, -0.15) is 0 Å². The summed E-state index contributed by atoms with van der Waals surface area (Å²) in [7, 11) is 0. The average Bonchev–Trinajstić information content (AvgIpc) is 2.09. The number of unbranched alkanes of at least 4 members (excludes halogenated alkanes) is 1. The second-order valence-corrected chi connectivity index (χ2v) is 5.01. The molecule has 14 heavy (non-hydrogen) atoms. The topological polar surface area (TPSA) is 33.1 Å². The van der Waals surface area contributed by atoms with Gasteiger partial charge >= 0.3 is 0 Å². The van der Waals surface area contributed by atoms with Gasteiger partial charge in [0.15, 0.2) is 0 Å². The Labute approximate surface area is 99.7 Å². The minimum atomic E-state index is -1.74. The highest BCUT2D eigenvalue weighted by Crippen LogP contribution is 2.27. The van der Waals surface area contributed by atoms with E-state index in [0.717, 1.165) is 19.3 Å². The largest absolute Gasteiger partial charge is 0.478 e. The maximum absolute atomic E-state index is 7.21. The van der Waals surface area contributed by atoms with Gasteiger partial charge in [-0.05, 0) is 12.8 Å². The van der Waals surface area contributed by atoms with Crippen LogP contribution in [0.15, 0.2) is 12.2 Å². The van der Waals surface area contributed by atoms with Gasteiger partial charge in [0.2, 0.25) is 5.90 Å². The Morgan fingerprint density at radius 1 is 1.29 bits per heavy atom. The number of ether oxygens (including phenoxy) is 1. The second-order valence-electron chi connectivity index (χ2n) is 2.72. The van der Waals surface area contributed by atoms with Gasteiger partial charge in [-0.25, -0.2) is 0 Å². The van der Waals surface area contributed by atoms with Crippen LogP contribution in [0.2, 0.25) is 0 Å². The summed E-state index contributed by atoms with van der Waals surface area (Å²) in [5.74, 6) is -0.327. The van der Waals surface area contributed by atoms with Gasteiger partial charge in [0.05, 0.1) is 6.61 Å². The number of rotatable bonds is 5. The number of nitrogens with one attached hydrogen (secondary N) is 1. The summed E-state index contributed by atoms with van der Waals surface area (Å²) in [6.45, 7) is 2.48. The van der Waals surface area contributed by atoms with E-state index in [0.29, 0.717) is 6.61 Å². The van der Waals surface area contributed by atoms with Crippen LogP contribution >= 0.6 is 34.8 Å². The summed E-state index contributed by atoms with van der Waals surface area (Å²) >= 11 is 16.2. The van der Waals surface area contributed by atoms with E-state index in [1.54, 1.807) is 0 Å². The molecule has 0 aromatic rings. The van der Waals surface area contributed by atoms with E-state index in [2.05, 4.69) is 13.0 Å². The molecule has 1 N–H and O–H groups in total. The molecule has 0 heterocycles. The highest BCUT2D eigenvalue weighted by Gasteiger charge is 2.28. The van der Waals surface area contributed by atoms with Crippen molar-refractivity contribution in [3.63, 3.8) is 0 Å². The van der Waals surface area contributed by atoms with Crippen molar-refractivity contribution in [1.82, 2.24) is 0 Å². The van der Waals surface area contributed by atoms with E-state index in [-0.39, 0.29) is 5.90 Å². The number of hydrogen-bond acceptors (Lipinski definition) is 2. The number of halogens is 3. The van der Waals surface area contributed by atoms with E-state index < -0.39 is 3.79 Å². The Morgan fingerprint density at radius 3 is 2.36 bits per heavy atom. The predicted octanol–water partition coefficient (Wildman–Crippen LogP) is 4.10. The molecule has 0 radical (unpaired) electrons. The smallest absolute Gasteiger partial charge is 0.265 e. The molecule has 0 aromatic heterocycles. The van der Waals surface area contributed by atoms with Gasteiger partial charge in [-0.15, -0.1) is 0 Å². The fourth-order valence-electron chi connectivity index (χ4n) is 0.713. The summed E-state index contributed by atoms with van der Waals surface area (Å²) in [6, 6.07) is 0. The molecule has 0 aromatic carbocycles. The first kappa shape index (κ1) is 14.1. The van der Waals surface area contributed by atoms with Crippen LogP contribution in [-0.2, 0) is 4.74 Å². The molecule has 0 saturated heterocycles. The van der Waals surface area contributed by atoms with Crippen LogP contribution in [0.3, 0.4) is 0 Å². The third-order valence-corrected chi connectivity index (χ3v) is 1.93. The standard InChI is InChI=1S/C9H14Cl3NO/c1-2-3-4-5-6-7-14-8(13)9(10,11)12/h4-5,13H,2-3,6-7H2,1H3. The molecular formula is C9H14Cl3NO. The predicted molar refractivity (Wildman–Crippen MR) is 62.6 cm³/mol. The molecule has 82 valence electrons. The highest BCUT2D eigenvalue weighted by molar-refractivity contribution is 6.76. The van der Waals surface area contributed by atoms with Crippen LogP contribution in [0.25, 0.3) is 0 Å². The van der Waals surface area contributed by atoms with Crippen LogP contribution in [-0.4, -0.2) is 16.3 Å². The van der Waals surface area contributed by atoms with E-state index in [9.17, 15) is 0 Å². The van der Waals surface area contributed by atoms with Gasteiger partial charge < -0.3 is 4.74 Å². The Morgan fingerprint density at radius 2 is 1.86 bits per heavy atom. The summed E-state index contributed by atoms with van der Waals surface area (Å²) < 4.78 is 3.18. The highest BCUT2D eigenvalue weighted by atomic mass is 35.6. The molecule has 0 amide bonds. The zero-order valence-electron chi connectivity index (χ0n) is 8.03. The number of alkyl halides is 3. The first-order chi connectivity index (χ1) is 6.48. The molecule has 0 spiro atoms. The van der Waals surface area contributed by atoms with Crippen molar-refractivity contribution in [3.05, 3.63) is 12.2 Å². The van der Waals surface area contributed by atoms with Crippen molar-refractivity contribution in [2.45, 2.75) is 30.0 Å². The normalized spacial score (nSPS) is 12.0. The van der Waals surface area contributed by atoms with Crippen molar-refractivity contribution in [1.29, 1.82) is 5.41 Å². The lowest BCUT2D eigenvalue weighted by atomic mass is 10.3. The second kappa shape index (κ2) is 7.38. The first-order valence-corrected chi connectivity index (χ1v) is 5.55. The lowest BCUT2D eigenvalue weighted by molar-refractivity contribution is 0.303. The van der Waals surface area contributed by atoms with E-state index in [1.165, 1.54) is 0 Å². The van der Waals surface area contributed by atoms with Crippen LogP contribution in [0, 0.1) is 5.41 Å². The van der Waals surface area contributed by atoms with Gasteiger partial charge in [-0.3, -0.25) is 5.41 Å². The van der Waals surface area contributed by atoms with E-state index >= 15 is 0 Å². The lowest BCUT2D eigenvalue weighted by Crippen LogP contribution is -2.21. The minimum Gasteiger partial charge on any atom is -0.478 e. The fraction of sp³-hybridized carbons (Fsp3) is 0.667. The van der Waals surface area contributed by atoms with Gasteiger partial charge in [-0.1, -0.05) is 60.3 Å². The van der Waals surface area contributed by atoms with Crippen LogP contribution in [0.4, 0.5) is 0 Å². The SMILES string of the molecule is CCCC=CCCOC(=N)C(Cl)(Cl)Cl. The molecule has 2 nitrogen and oxygen atoms in total. The van der Waals surface area contributed by atoms with Gasteiger partial charge in [0.1, 0.15) is 0 Å². The van der Waals surface area contributed by atoms with Crippen molar-refractivity contribution >= 4 is 40.7 Å². The van der Waals surface area contributed by atoms with Crippen molar-refractivity contribution in [2.75, 3.05) is 6.61 Å². The molecule has 0 bridgehead atoms. The molecular weight excluding hydrogens is 244 g/mol. The monoisotopic (exact) mass is 257 g/mol. The van der Waals surface area contributed by atoms with Crippen LogP contribution in [0.1, 0.15) is 26.2 Å². The molecule has 0 fully saturated rings. The quantitative estimate of drug-likeness (QED) is 0.260.